The Balaban J connectivity index is 1.69. The zero-order chi connectivity index (χ0) is 12.8. The van der Waals surface area contributed by atoms with E-state index in [1.54, 1.807) is 0 Å². The van der Waals surface area contributed by atoms with Crippen LogP contribution in [0.15, 0.2) is 0 Å². The summed E-state index contributed by atoms with van der Waals surface area (Å²) in [6.45, 7) is 2.27. The molecule has 2 fully saturated rings. The van der Waals surface area contributed by atoms with Gasteiger partial charge in [0.15, 0.2) is 0 Å². The van der Waals surface area contributed by atoms with Gasteiger partial charge in [-0.2, -0.15) is 0 Å². The van der Waals surface area contributed by atoms with Crippen molar-refractivity contribution in [1.82, 2.24) is 10.2 Å². The Kier molecular flexibility index (Phi) is 5.48. The Labute approximate surface area is 111 Å². The minimum absolute atomic E-state index is 0.375. The summed E-state index contributed by atoms with van der Waals surface area (Å²) < 4.78 is 0. The summed E-state index contributed by atoms with van der Waals surface area (Å²) in [6.07, 6.45) is 10.8. The number of hydrogen-bond donors (Lipinski definition) is 1. The number of carbonyl (C=O) groups excluding carboxylic acids is 1. The normalized spacial score (nSPS) is 22.9. The van der Waals surface area contributed by atoms with Gasteiger partial charge in [0.1, 0.15) is 0 Å². The van der Waals surface area contributed by atoms with Crippen LogP contribution in [0.2, 0.25) is 0 Å². The van der Waals surface area contributed by atoms with E-state index in [1.165, 1.54) is 44.9 Å². The highest BCUT2D eigenvalue weighted by molar-refractivity contribution is 5.76. The molecule has 0 aromatic carbocycles. The Morgan fingerprint density at radius 1 is 1.11 bits per heavy atom. The molecule has 2 aliphatic rings. The Morgan fingerprint density at radius 2 is 1.78 bits per heavy atom. The predicted molar refractivity (Wildman–Crippen MR) is 74.5 cm³/mol. The molecule has 0 spiro atoms. The lowest BCUT2D eigenvalue weighted by atomic mass is 9.92. The molecule has 0 unspecified atom stereocenters. The van der Waals surface area contributed by atoms with Crippen molar-refractivity contribution in [2.75, 3.05) is 20.1 Å². The molecular formula is C15H28N2O. The number of amides is 1. The zero-order valence-corrected chi connectivity index (χ0v) is 11.8. The molecule has 1 N–H and O–H groups in total. The van der Waals surface area contributed by atoms with Gasteiger partial charge in [0, 0.05) is 19.5 Å². The minimum Gasteiger partial charge on any atom is -0.343 e. The first-order valence-electron chi connectivity index (χ1n) is 7.74. The van der Waals surface area contributed by atoms with Crippen LogP contribution in [0.4, 0.5) is 0 Å². The Bertz CT molecular complexity index is 255. The van der Waals surface area contributed by atoms with Gasteiger partial charge in [-0.25, -0.2) is 0 Å². The molecular weight excluding hydrogens is 224 g/mol. The maximum absolute atomic E-state index is 12.2. The fourth-order valence-electron chi connectivity index (χ4n) is 3.35. The predicted octanol–water partition coefficient (Wildman–Crippen LogP) is 2.56. The van der Waals surface area contributed by atoms with Crippen LogP contribution in [0.5, 0.6) is 0 Å². The van der Waals surface area contributed by atoms with Gasteiger partial charge in [-0.05, 0) is 51.1 Å². The zero-order valence-electron chi connectivity index (χ0n) is 11.8. The van der Waals surface area contributed by atoms with Crippen molar-refractivity contribution in [2.24, 2.45) is 5.92 Å². The first-order chi connectivity index (χ1) is 8.77. The van der Waals surface area contributed by atoms with Crippen molar-refractivity contribution in [3.8, 4) is 0 Å². The minimum atomic E-state index is 0.375. The summed E-state index contributed by atoms with van der Waals surface area (Å²) in [5, 5.41) is 3.38. The largest absolute Gasteiger partial charge is 0.343 e. The highest BCUT2D eigenvalue weighted by Gasteiger charge is 2.22. The molecule has 0 bridgehead atoms. The third-order valence-electron chi connectivity index (χ3n) is 4.74. The summed E-state index contributed by atoms with van der Waals surface area (Å²) in [5.41, 5.74) is 0. The van der Waals surface area contributed by atoms with Crippen molar-refractivity contribution in [2.45, 2.75) is 63.8 Å². The summed E-state index contributed by atoms with van der Waals surface area (Å²) >= 11 is 0. The molecule has 1 aliphatic heterocycles. The van der Waals surface area contributed by atoms with Gasteiger partial charge < -0.3 is 10.2 Å². The van der Waals surface area contributed by atoms with Crippen LogP contribution in [0, 0.1) is 5.92 Å². The van der Waals surface area contributed by atoms with Gasteiger partial charge in [0.2, 0.25) is 5.91 Å². The summed E-state index contributed by atoms with van der Waals surface area (Å²) in [5.74, 6) is 1.15. The molecule has 18 heavy (non-hydrogen) atoms. The van der Waals surface area contributed by atoms with E-state index in [1.807, 2.05) is 11.9 Å². The topological polar surface area (TPSA) is 32.3 Å². The highest BCUT2D eigenvalue weighted by Crippen LogP contribution is 2.23. The monoisotopic (exact) mass is 252 g/mol. The molecule has 0 aromatic rings. The van der Waals surface area contributed by atoms with Crippen LogP contribution in [0.1, 0.15) is 57.8 Å². The van der Waals surface area contributed by atoms with Gasteiger partial charge in [0.05, 0.1) is 0 Å². The molecule has 1 heterocycles. The fourth-order valence-corrected chi connectivity index (χ4v) is 3.35. The molecule has 1 saturated heterocycles. The van der Waals surface area contributed by atoms with Crippen LogP contribution in [0.25, 0.3) is 0 Å². The van der Waals surface area contributed by atoms with Crippen LogP contribution in [0.3, 0.4) is 0 Å². The van der Waals surface area contributed by atoms with E-state index in [4.69, 9.17) is 0 Å². The molecule has 1 aliphatic carbocycles. The van der Waals surface area contributed by atoms with Gasteiger partial charge >= 0.3 is 0 Å². The average Bonchev–Trinajstić information content (AvgIpc) is 2.46. The summed E-state index contributed by atoms with van der Waals surface area (Å²) in [7, 11) is 2.01. The van der Waals surface area contributed by atoms with Gasteiger partial charge in [-0.15, -0.1) is 0 Å². The van der Waals surface area contributed by atoms with E-state index in [0.29, 0.717) is 11.9 Å². The fraction of sp³-hybridized carbons (Fsp3) is 0.933. The van der Waals surface area contributed by atoms with Crippen molar-refractivity contribution in [3.63, 3.8) is 0 Å². The van der Waals surface area contributed by atoms with Crippen molar-refractivity contribution in [3.05, 3.63) is 0 Å². The number of hydrogen-bond acceptors (Lipinski definition) is 2. The van der Waals surface area contributed by atoms with Crippen LogP contribution in [-0.4, -0.2) is 37.0 Å². The van der Waals surface area contributed by atoms with Crippen molar-refractivity contribution >= 4 is 5.91 Å². The molecule has 3 nitrogen and oxygen atoms in total. The average molecular weight is 252 g/mol. The third kappa shape index (κ3) is 3.98. The lowest BCUT2D eigenvalue weighted by Crippen LogP contribution is -2.38. The summed E-state index contributed by atoms with van der Waals surface area (Å²) in [6, 6.07) is 0.527. The standard InChI is InChI=1S/C15H28N2O/c1-17(14-5-3-2-4-6-14)15(18)8-7-13-9-11-16-12-10-13/h13-14,16H,2-12H2,1H3. The smallest absolute Gasteiger partial charge is 0.222 e. The molecule has 0 radical (unpaired) electrons. The molecule has 0 aromatic heterocycles. The Morgan fingerprint density at radius 3 is 2.44 bits per heavy atom. The van der Waals surface area contributed by atoms with Crippen LogP contribution >= 0.6 is 0 Å². The summed E-state index contributed by atoms with van der Waals surface area (Å²) in [4.78, 5) is 14.2. The van der Waals surface area contributed by atoms with Gasteiger partial charge in [-0.3, -0.25) is 4.79 Å². The number of nitrogens with one attached hydrogen (secondary N) is 1. The van der Waals surface area contributed by atoms with E-state index in [0.717, 1.165) is 31.8 Å². The molecule has 1 saturated carbocycles. The van der Waals surface area contributed by atoms with Crippen molar-refractivity contribution in [1.29, 1.82) is 0 Å². The quantitative estimate of drug-likeness (QED) is 0.834. The molecule has 3 heteroatoms. The first-order valence-corrected chi connectivity index (χ1v) is 7.74. The highest BCUT2D eigenvalue weighted by atomic mass is 16.2. The van der Waals surface area contributed by atoms with Crippen molar-refractivity contribution < 1.29 is 4.79 Å². The first kappa shape index (κ1) is 13.9. The third-order valence-corrected chi connectivity index (χ3v) is 4.74. The maximum Gasteiger partial charge on any atom is 0.222 e. The molecule has 0 atom stereocenters. The van der Waals surface area contributed by atoms with E-state index in [-0.39, 0.29) is 0 Å². The van der Waals surface area contributed by atoms with E-state index >= 15 is 0 Å². The maximum atomic E-state index is 12.2. The lowest BCUT2D eigenvalue weighted by Gasteiger charge is -2.32. The van der Waals surface area contributed by atoms with Crippen LogP contribution in [-0.2, 0) is 4.79 Å². The number of piperidine rings is 1. The Hall–Kier alpha value is -0.570. The SMILES string of the molecule is CN(C(=O)CCC1CCNCC1)C1CCCCC1. The van der Waals surface area contributed by atoms with Gasteiger partial charge in [-0.1, -0.05) is 19.3 Å². The van der Waals surface area contributed by atoms with E-state index in [9.17, 15) is 4.79 Å². The number of rotatable bonds is 4. The van der Waals surface area contributed by atoms with Crippen LogP contribution < -0.4 is 5.32 Å². The molecule has 1 amide bonds. The number of carbonyl (C=O) groups is 1. The second kappa shape index (κ2) is 7.13. The lowest BCUT2D eigenvalue weighted by molar-refractivity contribution is -0.132. The van der Waals surface area contributed by atoms with Gasteiger partial charge in [0.25, 0.3) is 0 Å². The molecule has 104 valence electrons. The molecule has 2 rings (SSSR count). The second-order valence-electron chi connectivity index (χ2n) is 6.03. The number of nitrogens with zero attached hydrogens (tertiary/aromatic N) is 1. The van der Waals surface area contributed by atoms with E-state index < -0.39 is 0 Å². The van der Waals surface area contributed by atoms with E-state index in [2.05, 4.69) is 5.32 Å². The second-order valence-corrected chi connectivity index (χ2v) is 6.03.